The molecule has 0 saturated heterocycles. The van der Waals surface area contributed by atoms with Crippen molar-refractivity contribution in [3.63, 3.8) is 0 Å². The summed E-state index contributed by atoms with van der Waals surface area (Å²) in [5.41, 5.74) is 0. The normalized spacial score (nSPS) is 24.6. The molecule has 13 heavy (non-hydrogen) atoms. The number of rotatable bonds is 2. The second kappa shape index (κ2) is 3.59. The van der Waals surface area contributed by atoms with E-state index in [1.165, 1.54) is 11.2 Å². The molecule has 0 N–H and O–H groups in total. The Labute approximate surface area is 78.3 Å². The van der Waals surface area contributed by atoms with Crippen molar-refractivity contribution in [1.29, 1.82) is 0 Å². The van der Waals surface area contributed by atoms with Gasteiger partial charge in [0.1, 0.15) is 5.78 Å². The van der Waals surface area contributed by atoms with Gasteiger partial charge in [-0.05, 0) is 13.3 Å². The first-order valence-corrected chi connectivity index (χ1v) is 5.90. The molecule has 5 heteroatoms. The lowest BCUT2D eigenvalue weighted by atomic mass is 10.1. The minimum atomic E-state index is -3.26. The molecule has 0 spiro atoms. The SMILES string of the molecule is CC(=O)C1CC=CCN1S(C)(=O)=O. The highest BCUT2D eigenvalue weighted by molar-refractivity contribution is 7.88. The third kappa shape index (κ3) is 2.38. The summed E-state index contributed by atoms with van der Waals surface area (Å²) in [7, 11) is -3.26. The van der Waals surface area contributed by atoms with Gasteiger partial charge in [-0.3, -0.25) is 4.79 Å². The van der Waals surface area contributed by atoms with Crippen molar-refractivity contribution in [2.75, 3.05) is 12.8 Å². The van der Waals surface area contributed by atoms with Crippen LogP contribution in [0.1, 0.15) is 13.3 Å². The molecule has 74 valence electrons. The molecule has 1 unspecified atom stereocenters. The van der Waals surface area contributed by atoms with Gasteiger partial charge < -0.3 is 0 Å². The van der Waals surface area contributed by atoms with Gasteiger partial charge >= 0.3 is 0 Å². The lowest BCUT2D eigenvalue weighted by molar-refractivity contribution is -0.120. The lowest BCUT2D eigenvalue weighted by Gasteiger charge is -2.28. The first kappa shape index (κ1) is 10.4. The number of carbonyl (C=O) groups is 1. The average molecular weight is 203 g/mol. The number of carbonyl (C=O) groups excluding carboxylic acids is 1. The maximum Gasteiger partial charge on any atom is 0.212 e. The van der Waals surface area contributed by atoms with Crippen molar-refractivity contribution in [3.8, 4) is 0 Å². The van der Waals surface area contributed by atoms with Crippen LogP contribution in [-0.4, -0.2) is 37.3 Å². The van der Waals surface area contributed by atoms with Gasteiger partial charge in [0.25, 0.3) is 0 Å². The molecule has 0 fully saturated rings. The monoisotopic (exact) mass is 203 g/mol. The molecule has 0 amide bonds. The molecule has 0 aliphatic carbocycles. The molecule has 1 atom stereocenters. The number of nitrogens with zero attached hydrogens (tertiary/aromatic N) is 1. The molecule has 4 nitrogen and oxygen atoms in total. The highest BCUT2D eigenvalue weighted by Crippen LogP contribution is 2.15. The smallest absolute Gasteiger partial charge is 0.212 e. The van der Waals surface area contributed by atoms with E-state index >= 15 is 0 Å². The molecular formula is C8H13NO3S. The summed E-state index contributed by atoms with van der Waals surface area (Å²) in [5.74, 6) is -0.102. The van der Waals surface area contributed by atoms with E-state index < -0.39 is 16.1 Å². The minimum absolute atomic E-state index is 0.102. The Hall–Kier alpha value is -0.680. The summed E-state index contributed by atoms with van der Waals surface area (Å²) in [5, 5.41) is 0. The zero-order valence-corrected chi connectivity index (χ0v) is 8.54. The third-order valence-electron chi connectivity index (χ3n) is 2.05. The zero-order chi connectivity index (χ0) is 10.1. The van der Waals surface area contributed by atoms with Crippen LogP contribution < -0.4 is 0 Å². The number of hydrogen-bond donors (Lipinski definition) is 0. The fourth-order valence-electron chi connectivity index (χ4n) is 1.38. The Morgan fingerprint density at radius 2 is 2.08 bits per heavy atom. The molecule has 1 rings (SSSR count). The first-order chi connectivity index (χ1) is 5.93. The standard InChI is InChI=1S/C8H13NO3S/c1-7(10)8-5-3-4-6-9(8)13(2,11)12/h3-4,8H,5-6H2,1-2H3. The Morgan fingerprint density at radius 1 is 1.46 bits per heavy atom. The Kier molecular flexibility index (Phi) is 2.87. The van der Waals surface area contributed by atoms with Crippen LogP contribution in [0, 0.1) is 0 Å². The van der Waals surface area contributed by atoms with Crippen LogP contribution in [0.2, 0.25) is 0 Å². The summed E-state index contributed by atoms with van der Waals surface area (Å²) in [6.45, 7) is 1.73. The van der Waals surface area contributed by atoms with Gasteiger partial charge in [0.15, 0.2) is 0 Å². The zero-order valence-electron chi connectivity index (χ0n) is 7.73. The van der Waals surface area contributed by atoms with Crippen LogP contribution in [0.4, 0.5) is 0 Å². The molecule has 0 aromatic heterocycles. The molecule has 1 heterocycles. The van der Waals surface area contributed by atoms with Crippen LogP contribution in [0.15, 0.2) is 12.2 Å². The van der Waals surface area contributed by atoms with Gasteiger partial charge in [-0.25, -0.2) is 8.42 Å². The molecule has 0 aromatic rings. The van der Waals surface area contributed by atoms with E-state index in [2.05, 4.69) is 0 Å². The minimum Gasteiger partial charge on any atom is -0.298 e. The van der Waals surface area contributed by atoms with Gasteiger partial charge in [-0.1, -0.05) is 12.2 Å². The number of sulfonamides is 1. The van der Waals surface area contributed by atoms with Gasteiger partial charge in [0, 0.05) is 6.54 Å². The Balaban J connectivity index is 2.95. The van der Waals surface area contributed by atoms with Crippen LogP contribution in [-0.2, 0) is 14.8 Å². The van der Waals surface area contributed by atoms with E-state index in [9.17, 15) is 13.2 Å². The lowest BCUT2D eigenvalue weighted by Crippen LogP contribution is -2.45. The highest BCUT2D eigenvalue weighted by Gasteiger charge is 2.29. The van der Waals surface area contributed by atoms with E-state index in [0.717, 1.165) is 6.26 Å². The molecule has 0 radical (unpaired) electrons. The summed E-state index contributed by atoms with van der Waals surface area (Å²) in [6.07, 6.45) is 5.22. The number of Topliss-reactive ketones (excluding diaryl/α,β-unsaturated/α-hetero) is 1. The molecule has 1 aliphatic heterocycles. The van der Waals surface area contributed by atoms with Crippen molar-refractivity contribution in [3.05, 3.63) is 12.2 Å². The predicted molar refractivity (Wildman–Crippen MR) is 49.8 cm³/mol. The topological polar surface area (TPSA) is 54.5 Å². The van der Waals surface area contributed by atoms with Crippen molar-refractivity contribution < 1.29 is 13.2 Å². The molecule has 0 aromatic carbocycles. The van der Waals surface area contributed by atoms with Crippen molar-refractivity contribution in [2.24, 2.45) is 0 Å². The van der Waals surface area contributed by atoms with Crippen LogP contribution >= 0.6 is 0 Å². The largest absolute Gasteiger partial charge is 0.298 e. The van der Waals surface area contributed by atoms with E-state index in [-0.39, 0.29) is 5.78 Å². The Bertz CT molecular complexity index is 331. The van der Waals surface area contributed by atoms with Gasteiger partial charge in [-0.2, -0.15) is 4.31 Å². The molecule has 0 bridgehead atoms. The van der Waals surface area contributed by atoms with Crippen molar-refractivity contribution >= 4 is 15.8 Å². The third-order valence-corrected chi connectivity index (χ3v) is 3.31. The summed E-state index contributed by atoms with van der Waals surface area (Å²) < 4.78 is 23.7. The second-order valence-corrected chi connectivity index (χ2v) is 5.10. The van der Waals surface area contributed by atoms with E-state index in [0.29, 0.717) is 13.0 Å². The van der Waals surface area contributed by atoms with E-state index in [4.69, 9.17) is 0 Å². The maximum atomic E-state index is 11.2. The predicted octanol–water partition coefficient (Wildman–Crippen LogP) is 0.165. The van der Waals surface area contributed by atoms with E-state index in [1.54, 1.807) is 6.08 Å². The number of ketones is 1. The second-order valence-electron chi connectivity index (χ2n) is 3.17. The average Bonchev–Trinajstić information content (AvgIpc) is 2.03. The van der Waals surface area contributed by atoms with Crippen molar-refractivity contribution in [1.82, 2.24) is 4.31 Å². The van der Waals surface area contributed by atoms with E-state index in [1.807, 2.05) is 6.08 Å². The highest BCUT2D eigenvalue weighted by atomic mass is 32.2. The fraction of sp³-hybridized carbons (Fsp3) is 0.625. The summed E-state index contributed by atoms with van der Waals surface area (Å²) in [4.78, 5) is 11.1. The fourth-order valence-corrected chi connectivity index (χ4v) is 2.44. The molecule has 1 aliphatic rings. The Morgan fingerprint density at radius 3 is 2.46 bits per heavy atom. The summed E-state index contributed by atoms with van der Waals surface area (Å²) >= 11 is 0. The van der Waals surface area contributed by atoms with Gasteiger partial charge in [0.2, 0.25) is 10.0 Å². The van der Waals surface area contributed by atoms with Crippen LogP contribution in [0.3, 0.4) is 0 Å². The number of hydrogen-bond acceptors (Lipinski definition) is 3. The van der Waals surface area contributed by atoms with Crippen LogP contribution in [0.25, 0.3) is 0 Å². The first-order valence-electron chi connectivity index (χ1n) is 4.05. The van der Waals surface area contributed by atoms with Gasteiger partial charge in [0.05, 0.1) is 12.3 Å². The van der Waals surface area contributed by atoms with Crippen molar-refractivity contribution in [2.45, 2.75) is 19.4 Å². The summed E-state index contributed by atoms with van der Waals surface area (Å²) in [6, 6.07) is -0.500. The van der Waals surface area contributed by atoms with Gasteiger partial charge in [-0.15, -0.1) is 0 Å². The van der Waals surface area contributed by atoms with Crippen LogP contribution in [0.5, 0.6) is 0 Å². The molecule has 0 saturated carbocycles. The molecular weight excluding hydrogens is 190 g/mol. The maximum absolute atomic E-state index is 11.2. The quantitative estimate of drug-likeness (QED) is 0.601.